The molecule has 1 heterocycles. The van der Waals surface area contributed by atoms with Crippen LogP contribution >= 0.6 is 0 Å². The van der Waals surface area contributed by atoms with E-state index in [1.807, 2.05) is 42.3 Å². The van der Waals surface area contributed by atoms with E-state index in [9.17, 15) is 24.9 Å². The number of hydrogen-bond acceptors (Lipinski definition) is 9. The number of esters is 2. The van der Waals surface area contributed by atoms with Crippen molar-refractivity contribution in [2.24, 2.45) is 11.1 Å². The maximum absolute atomic E-state index is 13.5. The first-order valence-corrected chi connectivity index (χ1v) is 12.2. The SMILES string of the molecule is CCOC(=O)C1C(=NO)N(C)C(C)=C(C(=O)OCCN(C)Cc2ccccc2)C1c1cccc([N+](=O)[O-])c1. The van der Waals surface area contributed by atoms with E-state index in [0.717, 1.165) is 5.56 Å². The second-order valence-corrected chi connectivity index (χ2v) is 8.94. The van der Waals surface area contributed by atoms with Crippen molar-refractivity contribution < 1.29 is 29.2 Å². The molecule has 1 N–H and O–H groups in total. The van der Waals surface area contributed by atoms with Gasteiger partial charge in [0, 0.05) is 43.9 Å². The highest BCUT2D eigenvalue weighted by molar-refractivity contribution is 6.07. The van der Waals surface area contributed by atoms with E-state index >= 15 is 0 Å². The number of carbonyl (C=O) groups is 2. The zero-order valence-corrected chi connectivity index (χ0v) is 21.9. The lowest BCUT2D eigenvalue weighted by Crippen LogP contribution is -2.47. The summed E-state index contributed by atoms with van der Waals surface area (Å²) in [6.45, 7) is 4.51. The van der Waals surface area contributed by atoms with Gasteiger partial charge in [0.15, 0.2) is 5.84 Å². The van der Waals surface area contributed by atoms with Crippen LogP contribution in [0.25, 0.3) is 0 Å². The second-order valence-electron chi connectivity index (χ2n) is 8.94. The third-order valence-corrected chi connectivity index (χ3v) is 6.46. The molecule has 0 saturated heterocycles. The van der Waals surface area contributed by atoms with Crippen LogP contribution in [0.1, 0.15) is 30.9 Å². The molecule has 1 aliphatic heterocycles. The fourth-order valence-corrected chi connectivity index (χ4v) is 4.52. The number of carbonyl (C=O) groups excluding carboxylic acids is 2. The Bertz CT molecular complexity index is 1230. The Morgan fingerprint density at radius 2 is 1.87 bits per heavy atom. The molecular formula is C27H32N4O7. The molecule has 0 fully saturated rings. The van der Waals surface area contributed by atoms with Crippen LogP contribution in [0.3, 0.4) is 0 Å². The number of hydrogen-bond donors (Lipinski definition) is 1. The third kappa shape index (κ3) is 6.35. The van der Waals surface area contributed by atoms with Gasteiger partial charge in [-0.2, -0.15) is 0 Å². The van der Waals surface area contributed by atoms with Crippen molar-refractivity contribution in [1.29, 1.82) is 0 Å². The van der Waals surface area contributed by atoms with Gasteiger partial charge in [0.1, 0.15) is 12.5 Å². The van der Waals surface area contributed by atoms with E-state index in [-0.39, 0.29) is 30.3 Å². The molecule has 2 aromatic carbocycles. The Labute approximate surface area is 221 Å². The molecule has 0 aromatic heterocycles. The second kappa shape index (κ2) is 12.8. The molecule has 11 nitrogen and oxygen atoms in total. The van der Waals surface area contributed by atoms with Gasteiger partial charge in [0.25, 0.3) is 5.69 Å². The van der Waals surface area contributed by atoms with Crippen molar-refractivity contribution >= 4 is 23.5 Å². The van der Waals surface area contributed by atoms with E-state index in [1.165, 1.54) is 23.1 Å². The summed E-state index contributed by atoms with van der Waals surface area (Å²) in [5.74, 6) is -3.73. The van der Waals surface area contributed by atoms with Gasteiger partial charge in [0.2, 0.25) is 0 Å². The van der Waals surface area contributed by atoms with Crippen molar-refractivity contribution in [2.75, 3.05) is 33.9 Å². The van der Waals surface area contributed by atoms with Crippen molar-refractivity contribution in [3.05, 3.63) is 87.1 Å². The van der Waals surface area contributed by atoms with E-state index in [1.54, 1.807) is 27.0 Å². The van der Waals surface area contributed by atoms with Gasteiger partial charge in [-0.1, -0.05) is 47.6 Å². The Balaban J connectivity index is 1.94. The smallest absolute Gasteiger partial charge is 0.336 e. The zero-order chi connectivity index (χ0) is 27.8. The summed E-state index contributed by atoms with van der Waals surface area (Å²) in [6, 6.07) is 15.5. The van der Waals surface area contributed by atoms with E-state index in [4.69, 9.17) is 9.47 Å². The van der Waals surface area contributed by atoms with Crippen LogP contribution in [0.2, 0.25) is 0 Å². The van der Waals surface area contributed by atoms with E-state index in [2.05, 4.69) is 5.16 Å². The Hall–Kier alpha value is -4.25. The van der Waals surface area contributed by atoms with Gasteiger partial charge in [-0.15, -0.1) is 0 Å². The normalized spacial score (nSPS) is 18.6. The maximum Gasteiger partial charge on any atom is 0.336 e. The number of nitrogens with zero attached hydrogens (tertiary/aromatic N) is 4. The molecule has 0 radical (unpaired) electrons. The van der Waals surface area contributed by atoms with Gasteiger partial charge in [-0.3, -0.25) is 19.8 Å². The Morgan fingerprint density at radius 1 is 1.16 bits per heavy atom. The van der Waals surface area contributed by atoms with Crippen LogP contribution in [0.4, 0.5) is 5.69 Å². The van der Waals surface area contributed by atoms with Gasteiger partial charge in [-0.05, 0) is 32.0 Å². The Kier molecular flexibility index (Phi) is 9.55. The summed E-state index contributed by atoms with van der Waals surface area (Å²) >= 11 is 0. The molecule has 3 rings (SSSR count). The number of nitro groups is 1. The largest absolute Gasteiger partial charge is 0.465 e. The first-order valence-electron chi connectivity index (χ1n) is 12.2. The molecule has 0 amide bonds. The topological polar surface area (TPSA) is 135 Å². The predicted octanol–water partition coefficient (Wildman–Crippen LogP) is 3.54. The van der Waals surface area contributed by atoms with Crippen LogP contribution in [0.5, 0.6) is 0 Å². The summed E-state index contributed by atoms with van der Waals surface area (Å²) in [5, 5.41) is 24.6. The first-order chi connectivity index (χ1) is 18.2. The zero-order valence-electron chi connectivity index (χ0n) is 21.9. The number of benzene rings is 2. The van der Waals surface area contributed by atoms with Crippen molar-refractivity contribution in [1.82, 2.24) is 9.80 Å². The number of non-ortho nitro benzene ring substituents is 1. The van der Waals surface area contributed by atoms with Gasteiger partial charge in [-0.25, -0.2) is 4.79 Å². The molecule has 0 bridgehead atoms. The highest BCUT2D eigenvalue weighted by atomic mass is 16.6. The number of nitro benzene ring substituents is 1. The van der Waals surface area contributed by atoms with Gasteiger partial charge in [0.05, 0.1) is 17.1 Å². The fourth-order valence-electron chi connectivity index (χ4n) is 4.52. The lowest BCUT2D eigenvalue weighted by Gasteiger charge is -2.38. The highest BCUT2D eigenvalue weighted by Crippen LogP contribution is 2.42. The minimum atomic E-state index is -1.24. The number of ether oxygens (including phenoxy) is 2. The number of allylic oxidation sites excluding steroid dienone is 1. The minimum Gasteiger partial charge on any atom is -0.465 e. The monoisotopic (exact) mass is 524 g/mol. The fraction of sp³-hybridized carbons (Fsp3) is 0.370. The van der Waals surface area contributed by atoms with Crippen LogP contribution in [-0.4, -0.2) is 71.6 Å². The standard InChI is InChI=1S/C27H32N4O7/c1-5-37-27(33)24-23(20-12-9-13-21(16-20)31(35)36)22(18(2)30(4)25(24)28-34)26(32)38-15-14-29(3)17-19-10-7-6-8-11-19/h6-13,16,23-24,34H,5,14-15,17H2,1-4H3. The summed E-state index contributed by atoms with van der Waals surface area (Å²) in [4.78, 5) is 41.0. The third-order valence-electron chi connectivity index (χ3n) is 6.46. The van der Waals surface area contributed by atoms with Crippen molar-refractivity contribution in [2.45, 2.75) is 26.3 Å². The van der Waals surface area contributed by atoms with E-state index < -0.39 is 28.7 Å². The van der Waals surface area contributed by atoms with Crippen molar-refractivity contribution in [3.63, 3.8) is 0 Å². The average Bonchev–Trinajstić information content (AvgIpc) is 2.90. The molecule has 1 aliphatic rings. The predicted molar refractivity (Wildman–Crippen MR) is 139 cm³/mol. The molecule has 0 spiro atoms. The number of likely N-dealkylation sites (N-methyl/N-ethyl adjacent to an activating group) is 1. The van der Waals surface area contributed by atoms with E-state index in [0.29, 0.717) is 24.4 Å². The maximum atomic E-state index is 13.5. The molecule has 38 heavy (non-hydrogen) atoms. The summed E-state index contributed by atoms with van der Waals surface area (Å²) < 4.78 is 10.9. The van der Waals surface area contributed by atoms with Crippen LogP contribution in [0, 0.1) is 16.0 Å². The quantitative estimate of drug-likeness (QED) is 0.214. The average molecular weight is 525 g/mol. The molecule has 11 heteroatoms. The minimum absolute atomic E-state index is 0.0448. The molecule has 202 valence electrons. The summed E-state index contributed by atoms with van der Waals surface area (Å²) in [6.07, 6.45) is 0. The number of rotatable bonds is 10. The lowest BCUT2D eigenvalue weighted by molar-refractivity contribution is -0.384. The van der Waals surface area contributed by atoms with Gasteiger partial charge >= 0.3 is 11.9 Å². The molecule has 0 aliphatic carbocycles. The molecule has 2 unspecified atom stereocenters. The summed E-state index contributed by atoms with van der Waals surface area (Å²) in [7, 11) is 3.47. The number of amidine groups is 1. The van der Waals surface area contributed by atoms with Crippen molar-refractivity contribution in [3.8, 4) is 0 Å². The lowest BCUT2D eigenvalue weighted by atomic mass is 9.75. The highest BCUT2D eigenvalue weighted by Gasteiger charge is 2.47. The first kappa shape index (κ1) is 28.3. The van der Waals surface area contributed by atoms with Crippen LogP contribution < -0.4 is 0 Å². The molecular weight excluding hydrogens is 492 g/mol. The summed E-state index contributed by atoms with van der Waals surface area (Å²) in [5.41, 5.74) is 1.74. The molecule has 2 atom stereocenters. The number of oxime groups is 1. The van der Waals surface area contributed by atoms with Crippen LogP contribution in [0.15, 0.2) is 71.0 Å². The molecule has 0 saturated carbocycles. The molecule has 2 aromatic rings. The van der Waals surface area contributed by atoms with Crippen LogP contribution in [-0.2, 0) is 25.6 Å². The van der Waals surface area contributed by atoms with Gasteiger partial charge < -0.3 is 19.6 Å². The Morgan fingerprint density at radius 3 is 2.50 bits per heavy atom.